The zero-order chi connectivity index (χ0) is 24.3. The number of hydrogen-bond donors (Lipinski definition) is 4. The predicted octanol–water partition coefficient (Wildman–Crippen LogP) is 2.81. The van der Waals surface area contributed by atoms with Gasteiger partial charge in [-0.3, -0.25) is 4.79 Å². The van der Waals surface area contributed by atoms with Crippen molar-refractivity contribution >= 4 is 19.6 Å². The summed E-state index contributed by atoms with van der Waals surface area (Å²) in [5, 5.41) is 14.0. The molecule has 0 spiro atoms. The number of ether oxygens (including phenoxy) is 1. The Kier molecular flexibility index (Phi) is 10.2. The van der Waals surface area contributed by atoms with E-state index in [2.05, 4.69) is 15.2 Å². The summed E-state index contributed by atoms with van der Waals surface area (Å²) in [6, 6.07) is 13.1. The van der Waals surface area contributed by atoms with Crippen molar-refractivity contribution in [3.05, 3.63) is 65.7 Å². The van der Waals surface area contributed by atoms with Crippen LogP contribution in [-0.4, -0.2) is 47.4 Å². The third-order valence-electron chi connectivity index (χ3n) is 4.30. The summed E-state index contributed by atoms with van der Waals surface area (Å²) in [6.07, 6.45) is -4.03. The van der Waals surface area contributed by atoms with E-state index in [1.807, 2.05) is 6.07 Å². The first-order chi connectivity index (χ1) is 15.7. The van der Waals surface area contributed by atoms with Crippen LogP contribution in [0.2, 0.25) is 0 Å². The number of carbonyl (C=O) groups excluding carboxylic acids is 2. The first kappa shape index (κ1) is 26.2. The number of rotatable bonds is 12. The Bertz CT molecular complexity index is 945. The number of amides is 2. The molecule has 0 bridgehead atoms. The van der Waals surface area contributed by atoms with Crippen molar-refractivity contribution in [1.29, 1.82) is 0 Å². The molecule has 0 saturated carbocycles. The SMILES string of the molecule is O=C(N[C@@H](Cc1ccc(OP(=O)(O)C(F)F)cc1)C(=O)NCCCO)OCc1ccccc1. The predicted molar refractivity (Wildman–Crippen MR) is 115 cm³/mol. The molecule has 0 aromatic heterocycles. The molecule has 1 unspecified atom stereocenters. The Balaban J connectivity index is 2.02. The maximum atomic E-state index is 12.5. The number of benzene rings is 2. The summed E-state index contributed by atoms with van der Waals surface area (Å²) in [4.78, 5) is 33.9. The van der Waals surface area contributed by atoms with E-state index in [4.69, 9.17) is 14.7 Å². The average molecular weight is 486 g/mol. The highest BCUT2D eigenvalue weighted by molar-refractivity contribution is 7.53. The summed E-state index contributed by atoms with van der Waals surface area (Å²) in [6.45, 7) is 0.0773. The molecule has 2 aromatic rings. The normalized spacial score (nSPS) is 13.6. The first-order valence-corrected chi connectivity index (χ1v) is 11.6. The number of aliphatic hydroxyl groups excluding tert-OH is 1. The van der Waals surface area contributed by atoms with Crippen LogP contribution in [-0.2, 0) is 27.1 Å². The fourth-order valence-corrected chi connectivity index (χ4v) is 3.15. The molecule has 0 radical (unpaired) electrons. The highest BCUT2D eigenvalue weighted by Gasteiger charge is 2.34. The van der Waals surface area contributed by atoms with E-state index in [1.165, 1.54) is 24.3 Å². The molecule has 2 amide bonds. The van der Waals surface area contributed by atoms with Gasteiger partial charge < -0.3 is 29.9 Å². The lowest BCUT2D eigenvalue weighted by Gasteiger charge is -2.19. The van der Waals surface area contributed by atoms with Crippen molar-refractivity contribution in [2.45, 2.75) is 31.7 Å². The van der Waals surface area contributed by atoms with Crippen LogP contribution in [0, 0.1) is 0 Å². The van der Waals surface area contributed by atoms with E-state index in [9.17, 15) is 22.9 Å². The minimum absolute atomic E-state index is 0.00289. The summed E-state index contributed by atoms with van der Waals surface area (Å²) in [5.41, 5.74) is 1.27. The fraction of sp³-hybridized carbons (Fsp3) is 0.333. The summed E-state index contributed by atoms with van der Waals surface area (Å²) in [7, 11) is -5.10. The van der Waals surface area contributed by atoms with E-state index in [0.717, 1.165) is 5.56 Å². The Morgan fingerprint density at radius 1 is 1.03 bits per heavy atom. The van der Waals surface area contributed by atoms with Crippen molar-refractivity contribution in [1.82, 2.24) is 10.6 Å². The van der Waals surface area contributed by atoms with Gasteiger partial charge in [0, 0.05) is 19.6 Å². The monoisotopic (exact) mass is 486 g/mol. The van der Waals surface area contributed by atoms with E-state index in [0.29, 0.717) is 12.0 Å². The molecule has 2 aromatic carbocycles. The van der Waals surface area contributed by atoms with E-state index < -0.39 is 31.8 Å². The summed E-state index contributed by atoms with van der Waals surface area (Å²) in [5.74, 6) is -0.762. The van der Waals surface area contributed by atoms with Crippen LogP contribution in [0.25, 0.3) is 0 Å². The molecule has 0 aliphatic heterocycles. The topological polar surface area (TPSA) is 134 Å². The highest BCUT2D eigenvalue weighted by atomic mass is 31.2. The molecule has 180 valence electrons. The Hall–Kier alpha value is -3.01. The second-order valence-corrected chi connectivity index (χ2v) is 8.61. The molecule has 0 aliphatic carbocycles. The molecule has 0 fully saturated rings. The van der Waals surface area contributed by atoms with Crippen LogP contribution in [0.5, 0.6) is 5.75 Å². The Morgan fingerprint density at radius 2 is 1.70 bits per heavy atom. The number of hydrogen-bond acceptors (Lipinski definition) is 6. The van der Waals surface area contributed by atoms with Crippen LogP contribution in [0.4, 0.5) is 13.6 Å². The summed E-state index contributed by atoms with van der Waals surface area (Å²) >= 11 is 0. The molecule has 33 heavy (non-hydrogen) atoms. The number of carbonyl (C=O) groups is 2. The lowest BCUT2D eigenvalue weighted by atomic mass is 10.1. The third kappa shape index (κ3) is 9.17. The van der Waals surface area contributed by atoms with Gasteiger partial charge in [0.15, 0.2) is 0 Å². The van der Waals surface area contributed by atoms with E-state index in [1.54, 1.807) is 24.3 Å². The minimum Gasteiger partial charge on any atom is -0.445 e. The number of aliphatic hydroxyl groups is 1. The van der Waals surface area contributed by atoms with Gasteiger partial charge in [0.05, 0.1) is 0 Å². The molecule has 2 atom stereocenters. The standard InChI is InChI=1S/C21H25F2N2O7P/c22-20(23)33(29,30)32-17-9-7-15(8-10-17)13-18(19(27)24-11-4-12-26)25-21(28)31-14-16-5-2-1-3-6-16/h1-3,5-10,18,20,26H,4,11-14H2,(H,24,27)(H,25,28)(H,29,30)/t18-/m0/s1. The molecular formula is C21H25F2N2O7P. The lowest BCUT2D eigenvalue weighted by Crippen LogP contribution is -2.48. The molecule has 0 heterocycles. The van der Waals surface area contributed by atoms with E-state index in [-0.39, 0.29) is 31.9 Å². The van der Waals surface area contributed by atoms with Crippen molar-refractivity contribution in [2.24, 2.45) is 0 Å². The minimum atomic E-state index is -5.10. The maximum absolute atomic E-state index is 12.5. The fourth-order valence-electron chi connectivity index (χ4n) is 2.64. The molecular weight excluding hydrogens is 461 g/mol. The average Bonchev–Trinajstić information content (AvgIpc) is 2.79. The zero-order valence-electron chi connectivity index (χ0n) is 17.5. The molecule has 9 nitrogen and oxygen atoms in total. The molecule has 0 saturated heterocycles. The van der Waals surface area contributed by atoms with Crippen LogP contribution in [0.15, 0.2) is 54.6 Å². The molecule has 4 N–H and O–H groups in total. The third-order valence-corrected chi connectivity index (χ3v) is 5.27. The number of alkyl carbamates (subject to hydrolysis) is 1. The maximum Gasteiger partial charge on any atom is 0.442 e. The van der Waals surface area contributed by atoms with Crippen molar-refractivity contribution in [3.8, 4) is 5.75 Å². The quantitative estimate of drug-likeness (QED) is 0.268. The molecule has 0 aliphatic rings. The van der Waals surface area contributed by atoms with Gasteiger partial charge in [-0.05, 0) is 29.7 Å². The Morgan fingerprint density at radius 3 is 2.30 bits per heavy atom. The van der Waals surface area contributed by atoms with Crippen molar-refractivity contribution in [3.63, 3.8) is 0 Å². The van der Waals surface area contributed by atoms with Crippen LogP contribution >= 0.6 is 7.60 Å². The van der Waals surface area contributed by atoms with Gasteiger partial charge in [0.2, 0.25) is 5.91 Å². The van der Waals surface area contributed by atoms with Crippen LogP contribution < -0.4 is 15.2 Å². The molecule has 2 rings (SSSR count). The summed E-state index contributed by atoms with van der Waals surface area (Å²) < 4.78 is 45.9. The number of halogens is 2. The van der Waals surface area contributed by atoms with Gasteiger partial charge in [-0.15, -0.1) is 0 Å². The first-order valence-electron chi connectivity index (χ1n) is 9.96. The van der Waals surface area contributed by atoms with Gasteiger partial charge in [0.1, 0.15) is 18.4 Å². The second kappa shape index (κ2) is 12.9. The van der Waals surface area contributed by atoms with Gasteiger partial charge in [-0.25, -0.2) is 9.36 Å². The van der Waals surface area contributed by atoms with E-state index >= 15 is 0 Å². The lowest BCUT2D eigenvalue weighted by molar-refractivity contribution is -0.123. The Labute approximate surface area is 189 Å². The van der Waals surface area contributed by atoms with Crippen molar-refractivity contribution in [2.75, 3.05) is 13.2 Å². The number of alkyl halides is 2. The zero-order valence-corrected chi connectivity index (χ0v) is 18.4. The van der Waals surface area contributed by atoms with Crippen molar-refractivity contribution < 1.29 is 42.2 Å². The highest BCUT2D eigenvalue weighted by Crippen LogP contribution is 2.48. The second-order valence-electron chi connectivity index (χ2n) is 6.91. The van der Waals surface area contributed by atoms with Crippen LogP contribution in [0.3, 0.4) is 0 Å². The van der Waals surface area contributed by atoms with Crippen LogP contribution in [0.1, 0.15) is 17.5 Å². The molecule has 12 heteroatoms. The van der Waals surface area contributed by atoms with Gasteiger partial charge in [0.25, 0.3) is 0 Å². The van der Waals surface area contributed by atoms with Gasteiger partial charge in [-0.1, -0.05) is 42.5 Å². The number of nitrogens with one attached hydrogen (secondary N) is 2. The van der Waals surface area contributed by atoms with Gasteiger partial charge >= 0.3 is 19.9 Å². The largest absolute Gasteiger partial charge is 0.445 e. The van der Waals surface area contributed by atoms with Gasteiger partial charge in [-0.2, -0.15) is 8.78 Å². The smallest absolute Gasteiger partial charge is 0.442 e.